The summed E-state index contributed by atoms with van der Waals surface area (Å²) in [4.78, 5) is 12.8. The van der Waals surface area contributed by atoms with E-state index in [0.29, 0.717) is 60.1 Å². The molecule has 2 fully saturated rings. The highest BCUT2D eigenvalue weighted by Gasteiger charge is 2.33. The molecule has 12 heteroatoms. The van der Waals surface area contributed by atoms with Gasteiger partial charge in [-0.05, 0) is 57.0 Å². The molecule has 2 saturated heterocycles. The smallest absolute Gasteiger partial charge is 0.164 e. The summed E-state index contributed by atoms with van der Waals surface area (Å²) in [5.74, 6) is 0.620. The molecular weight excluding hydrogens is 575 g/mol. The second-order valence-electron chi connectivity index (χ2n) is 11.9. The molecule has 0 bridgehead atoms. The van der Waals surface area contributed by atoms with Gasteiger partial charge in [-0.1, -0.05) is 18.2 Å². The van der Waals surface area contributed by atoms with Crippen LogP contribution in [0.4, 0.5) is 10.2 Å². The first-order valence-corrected chi connectivity index (χ1v) is 15.1. The zero-order valence-corrected chi connectivity index (χ0v) is 25.4. The fourth-order valence-electron chi connectivity index (χ4n) is 6.19. The number of aliphatic hydroxyl groups excluding tert-OH is 1. The first kappa shape index (κ1) is 30.6. The zero-order valence-electron chi connectivity index (χ0n) is 25.4. The van der Waals surface area contributed by atoms with Gasteiger partial charge < -0.3 is 20.3 Å². The van der Waals surface area contributed by atoms with Crippen LogP contribution in [0.25, 0.3) is 22.3 Å². The Kier molecular flexibility index (Phi) is 8.78. The van der Waals surface area contributed by atoms with Crippen LogP contribution >= 0.6 is 0 Å². The standard InChI is InChI=1S/C33H37FN8O3/c1-33(2,41-13-15-44-16-14-41)18-22(19-35)32(43)40-12-6-7-23(20-40)42-31-28(30(36)37-21-38-31)29(39-42)26-11-10-25(17-27(26)34)45-24-8-4-3-5-9-24/h3-5,8-11,17-18,21,23,32,43H,6-7,12-16,20H2,1-2H3,(H2,36,37,38)/b22-18+/t23-,32?/m1/s1. The summed E-state index contributed by atoms with van der Waals surface area (Å²) in [6, 6.07) is 15.8. The third-order valence-corrected chi connectivity index (χ3v) is 8.55. The molecule has 0 spiro atoms. The Balaban J connectivity index is 1.28. The number of hydrogen-bond donors (Lipinski definition) is 2. The summed E-state index contributed by atoms with van der Waals surface area (Å²) in [6.07, 6.45) is 3.64. The molecule has 3 N–H and O–H groups in total. The molecule has 2 atom stereocenters. The largest absolute Gasteiger partial charge is 0.457 e. The molecule has 234 valence electrons. The van der Waals surface area contributed by atoms with Gasteiger partial charge in [0.15, 0.2) is 5.65 Å². The van der Waals surface area contributed by atoms with Crippen molar-refractivity contribution in [2.45, 2.75) is 44.5 Å². The fraction of sp³-hybridized carbons (Fsp3) is 0.394. The van der Waals surface area contributed by atoms with E-state index in [4.69, 9.17) is 20.3 Å². The Bertz CT molecular complexity index is 1730. The van der Waals surface area contributed by atoms with E-state index in [1.165, 1.54) is 12.4 Å². The maximum atomic E-state index is 15.6. The molecule has 2 aliphatic heterocycles. The number of hydrogen-bond acceptors (Lipinski definition) is 10. The van der Waals surface area contributed by atoms with Gasteiger partial charge in [0.25, 0.3) is 0 Å². The minimum absolute atomic E-state index is 0.193. The summed E-state index contributed by atoms with van der Waals surface area (Å²) >= 11 is 0. The molecule has 2 aliphatic rings. The van der Waals surface area contributed by atoms with Gasteiger partial charge in [-0.15, -0.1) is 0 Å². The third-order valence-electron chi connectivity index (χ3n) is 8.55. The topological polar surface area (TPSA) is 139 Å². The van der Waals surface area contributed by atoms with Crippen molar-refractivity contribution in [3.8, 4) is 28.8 Å². The van der Waals surface area contributed by atoms with Crippen molar-refractivity contribution in [1.82, 2.24) is 29.5 Å². The Morgan fingerprint density at radius 2 is 1.93 bits per heavy atom. The van der Waals surface area contributed by atoms with Crippen molar-refractivity contribution in [3.05, 3.63) is 72.3 Å². The van der Waals surface area contributed by atoms with Crippen LogP contribution in [0.3, 0.4) is 0 Å². The highest BCUT2D eigenvalue weighted by atomic mass is 19.1. The molecule has 11 nitrogen and oxygen atoms in total. The molecule has 6 rings (SSSR count). The van der Waals surface area contributed by atoms with E-state index >= 15 is 4.39 Å². The molecule has 0 aliphatic carbocycles. The minimum atomic E-state index is -1.09. The monoisotopic (exact) mass is 612 g/mol. The Labute approximate surface area is 261 Å². The predicted octanol–water partition coefficient (Wildman–Crippen LogP) is 4.52. The van der Waals surface area contributed by atoms with Gasteiger partial charge in [0, 0.05) is 43.3 Å². The van der Waals surface area contributed by atoms with E-state index in [-0.39, 0.29) is 17.4 Å². The zero-order chi connectivity index (χ0) is 31.6. The molecule has 2 aromatic carbocycles. The molecule has 0 amide bonds. The summed E-state index contributed by atoms with van der Waals surface area (Å²) in [7, 11) is 0. The van der Waals surface area contributed by atoms with E-state index in [1.807, 2.05) is 43.0 Å². The molecule has 4 aromatic rings. The van der Waals surface area contributed by atoms with Crippen molar-refractivity contribution >= 4 is 16.9 Å². The van der Waals surface area contributed by atoms with Gasteiger partial charge in [0.1, 0.15) is 41.4 Å². The Morgan fingerprint density at radius 1 is 1.16 bits per heavy atom. The van der Waals surface area contributed by atoms with Gasteiger partial charge in [-0.3, -0.25) is 9.80 Å². The predicted molar refractivity (Wildman–Crippen MR) is 168 cm³/mol. The third kappa shape index (κ3) is 6.39. The fourth-order valence-corrected chi connectivity index (χ4v) is 6.19. The second-order valence-corrected chi connectivity index (χ2v) is 11.9. The number of nitriles is 1. The van der Waals surface area contributed by atoms with Crippen molar-refractivity contribution < 1.29 is 19.0 Å². The van der Waals surface area contributed by atoms with Crippen LogP contribution in [-0.4, -0.2) is 85.8 Å². The van der Waals surface area contributed by atoms with Crippen LogP contribution in [0.15, 0.2) is 66.5 Å². The van der Waals surface area contributed by atoms with Crippen molar-refractivity contribution in [1.29, 1.82) is 5.26 Å². The number of halogens is 1. The highest BCUT2D eigenvalue weighted by Crippen LogP contribution is 2.37. The number of aromatic nitrogens is 4. The molecule has 2 aromatic heterocycles. The molecule has 0 radical (unpaired) electrons. The van der Waals surface area contributed by atoms with E-state index in [9.17, 15) is 10.4 Å². The van der Waals surface area contributed by atoms with Crippen LogP contribution in [0, 0.1) is 17.1 Å². The average molecular weight is 613 g/mol. The van der Waals surface area contributed by atoms with Crippen LogP contribution in [0.5, 0.6) is 11.5 Å². The van der Waals surface area contributed by atoms with Gasteiger partial charge in [-0.2, -0.15) is 10.4 Å². The lowest BCUT2D eigenvalue weighted by atomic mass is 9.96. The number of anilines is 1. The number of fused-ring (bicyclic) bond motifs is 1. The normalized spacial score (nSPS) is 19.4. The number of morpholine rings is 1. The maximum Gasteiger partial charge on any atom is 0.164 e. The van der Waals surface area contributed by atoms with Gasteiger partial charge >= 0.3 is 0 Å². The van der Waals surface area contributed by atoms with Crippen molar-refractivity contribution in [2.24, 2.45) is 0 Å². The lowest BCUT2D eigenvalue weighted by Crippen LogP contribution is -2.50. The quantitative estimate of drug-likeness (QED) is 0.273. The average Bonchev–Trinajstić information content (AvgIpc) is 3.45. The Hall–Kier alpha value is -4.41. The first-order chi connectivity index (χ1) is 21.7. The summed E-state index contributed by atoms with van der Waals surface area (Å²) in [6.45, 7) is 7.89. The van der Waals surface area contributed by atoms with Crippen LogP contribution in [0.1, 0.15) is 32.7 Å². The number of nitrogens with zero attached hydrogens (tertiary/aromatic N) is 7. The summed E-state index contributed by atoms with van der Waals surface area (Å²) in [5.41, 5.74) is 7.23. The van der Waals surface area contributed by atoms with Gasteiger partial charge in [0.2, 0.25) is 0 Å². The SMILES string of the molecule is CC(C)(/C=C(\C#N)C(O)N1CCC[C@@H](n2nc(-c3ccc(Oc4ccccc4)cc3F)c3c(N)ncnc32)C1)N1CCOCC1. The minimum Gasteiger partial charge on any atom is -0.457 e. The first-order valence-electron chi connectivity index (χ1n) is 15.1. The lowest BCUT2D eigenvalue weighted by Gasteiger charge is -2.40. The van der Waals surface area contributed by atoms with Crippen LogP contribution in [-0.2, 0) is 4.74 Å². The highest BCUT2D eigenvalue weighted by molar-refractivity contribution is 5.98. The van der Waals surface area contributed by atoms with Crippen LogP contribution in [0.2, 0.25) is 0 Å². The number of aliphatic hydroxyl groups is 1. The molecule has 45 heavy (non-hydrogen) atoms. The van der Waals surface area contributed by atoms with Gasteiger partial charge in [-0.25, -0.2) is 19.0 Å². The molecular formula is C33H37FN8O3. The van der Waals surface area contributed by atoms with E-state index in [0.717, 1.165) is 25.9 Å². The number of rotatable bonds is 8. The Morgan fingerprint density at radius 3 is 2.67 bits per heavy atom. The van der Waals surface area contributed by atoms with Crippen molar-refractivity contribution in [2.75, 3.05) is 45.1 Å². The number of nitrogen functional groups attached to an aromatic ring is 1. The second kappa shape index (κ2) is 12.9. The lowest BCUT2D eigenvalue weighted by molar-refractivity contribution is -0.00217. The number of piperidine rings is 1. The van der Waals surface area contributed by atoms with E-state index < -0.39 is 17.6 Å². The summed E-state index contributed by atoms with van der Waals surface area (Å²) < 4.78 is 28.7. The maximum absolute atomic E-state index is 15.6. The number of ether oxygens (including phenoxy) is 2. The molecule has 4 heterocycles. The number of benzene rings is 2. The van der Waals surface area contributed by atoms with Gasteiger partial charge in [0.05, 0.1) is 36.3 Å². The van der Waals surface area contributed by atoms with E-state index in [2.05, 4.69) is 20.9 Å². The molecule has 1 unspecified atom stereocenters. The number of nitrogens with two attached hydrogens (primary N) is 1. The number of para-hydroxylation sites is 1. The number of likely N-dealkylation sites (tertiary alicyclic amines) is 1. The van der Waals surface area contributed by atoms with Crippen LogP contribution < -0.4 is 10.5 Å². The van der Waals surface area contributed by atoms with Crippen molar-refractivity contribution in [3.63, 3.8) is 0 Å². The van der Waals surface area contributed by atoms with E-state index in [1.54, 1.807) is 28.9 Å². The molecule has 0 saturated carbocycles. The summed E-state index contributed by atoms with van der Waals surface area (Å²) in [5, 5.41) is 26.8.